The normalized spacial score (nSPS) is 17.9. The van der Waals surface area contributed by atoms with Crippen LogP contribution in [0.4, 0.5) is 5.82 Å². The molecule has 1 unspecified atom stereocenters. The largest absolute Gasteiger partial charge is 0.378 e. The summed E-state index contributed by atoms with van der Waals surface area (Å²) in [5.41, 5.74) is 0.675. The van der Waals surface area contributed by atoms with Crippen LogP contribution in [0, 0.1) is 5.92 Å². The van der Waals surface area contributed by atoms with Crippen molar-refractivity contribution in [2.45, 2.75) is 49.5 Å². The Balaban J connectivity index is 1.48. The summed E-state index contributed by atoms with van der Waals surface area (Å²) in [7, 11) is -3.47. The van der Waals surface area contributed by atoms with Gasteiger partial charge in [-0.3, -0.25) is 14.3 Å². The van der Waals surface area contributed by atoms with Gasteiger partial charge in [0.2, 0.25) is 11.8 Å². The molecule has 9 nitrogen and oxygen atoms in total. The van der Waals surface area contributed by atoms with Gasteiger partial charge in [0.1, 0.15) is 6.54 Å². The number of benzene rings is 1. The molecule has 0 spiro atoms. The van der Waals surface area contributed by atoms with Crippen molar-refractivity contribution >= 4 is 39.1 Å². The lowest BCUT2D eigenvalue weighted by molar-refractivity contribution is -0.136. The van der Waals surface area contributed by atoms with Crippen LogP contribution in [0.2, 0.25) is 5.02 Å². The number of ether oxygens (including phenoxy) is 1. The van der Waals surface area contributed by atoms with E-state index in [2.05, 4.69) is 10.4 Å². The Hall–Kier alpha value is -2.43. The predicted octanol–water partition coefficient (Wildman–Crippen LogP) is 3.10. The van der Waals surface area contributed by atoms with Gasteiger partial charge in [-0.1, -0.05) is 43.4 Å². The highest BCUT2D eigenvalue weighted by Gasteiger charge is 2.28. The number of nitrogens with zero attached hydrogens (tertiary/aromatic N) is 3. The van der Waals surface area contributed by atoms with Crippen molar-refractivity contribution in [2.24, 2.45) is 5.92 Å². The highest BCUT2D eigenvalue weighted by atomic mass is 35.5. The predicted molar refractivity (Wildman–Crippen MR) is 132 cm³/mol. The molecule has 2 aliphatic rings. The van der Waals surface area contributed by atoms with E-state index in [-0.39, 0.29) is 28.3 Å². The van der Waals surface area contributed by atoms with Crippen LogP contribution in [0.25, 0.3) is 0 Å². The van der Waals surface area contributed by atoms with Crippen molar-refractivity contribution in [1.82, 2.24) is 14.7 Å². The van der Waals surface area contributed by atoms with Crippen LogP contribution in [0.3, 0.4) is 0 Å². The molecule has 1 aliphatic heterocycles. The Labute approximate surface area is 210 Å². The number of halogens is 1. The van der Waals surface area contributed by atoms with E-state index in [9.17, 15) is 18.0 Å². The van der Waals surface area contributed by atoms with Gasteiger partial charge in [-0.05, 0) is 30.0 Å². The molecule has 11 heteroatoms. The van der Waals surface area contributed by atoms with Crippen molar-refractivity contribution in [3.05, 3.63) is 41.0 Å². The number of morpholine rings is 1. The van der Waals surface area contributed by atoms with Crippen LogP contribution < -0.4 is 5.32 Å². The van der Waals surface area contributed by atoms with Gasteiger partial charge in [-0.2, -0.15) is 5.10 Å². The maximum atomic E-state index is 13.4. The molecule has 2 heterocycles. The standard InChI is InChI=1S/C24H31ClN4O5S/c1-35(32,33)21-7-6-18(15-20(21)25)19(14-17-4-2-3-5-17)24(31)26-22-8-9-29(27-22)16-23(30)28-10-12-34-13-11-28/h6-9,15,17,19H,2-5,10-14,16H2,1H3,(H,26,27,31). The fourth-order valence-corrected chi connectivity index (χ4v) is 6.13. The molecule has 1 aromatic carbocycles. The first-order chi connectivity index (χ1) is 16.7. The van der Waals surface area contributed by atoms with E-state index >= 15 is 0 Å². The zero-order valence-corrected chi connectivity index (χ0v) is 21.4. The first-order valence-electron chi connectivity index (χ1n) is 11.9. The van der Waals surface area contributed by atoms with E-state index in [0.717, 1.165) is 31.9 Å². The lowest BCUT2D eigenvalue weighted by Gasteiger charge is -2.26. The van der Waals surface area contributed by atoms with Crippen LogP contribution in [-0.4, -0.2) is 67.5 Å². The molecule has 1 saturated heterocycles. The fourth-order valence-electron chi connectivity index (χ4n) is 4.79. The first kappa shape index (κ1) is 25.7. The Bertz CT molecular complexity index is 1170. The summed E-state index contributed by atoms with van der Waals surface area (Å²) in [6.45, 7) is 2.28. The van der Waals surface area contributed by atoms with E-state index in [4.69, 9.17) is 16.3 Å². The van der Waals surface area contributed by atoms with Gasteiger partial charge in [-0.25, -0.2) is 8.42 Å². The third kappa shape index (κ3) is 6.62. The molecule has 190 valence electrons. The Kier molecular flexibility index (Phi) is 8.13. The molecule has 1 atom stereocenters. The third-order valence-corrected chi connectivity index (χ3v) is 8.25. The lowest BCUT2D eigenvalue weighted by atomic mass is 9.87. The highest BCUT2D eigenvalue weighted by molar-refractivity contribution is 7.90. The first-order valence-corrected chi connectivity index (χ1v) is 14.2. The topological polar surface area (TPSA) is 111 Å². The molecule has 35 heavy (non-hydrogen) atoms. The van der Waals surface area contributed by atoms with Crippen LogP contribution in [0.5, 0.6) is 0 Å². The summed E-state index contributed by atoms with van der Waals surface area (Å²) in [5, 5.41) is 7.34. The summed E-state index contributed by atoms with van der Waals surface area (Å²) >= 11 is 6.29. The quantitative estimate of drug-likeness (QED) is 0.570. The van der Waals surface area contributed by atoms with E-state index in [1.165, 1.54) is 10.7 Å². The smallest absolute Gasteiger partial charge is 0.244 e. The zero-order chi connectivity index (χ0) is 25.0. The number of anilines is 1. The number of hydrogen-bond acceptors (Lipinski definition) is 6. The van der Waals surface area contributed by atoms with Crippen LogP contribution in [0.1, 0.15) is 43.6 Å². The molecule has 1 saturated carbocycles. The van der Waals surface area contributed by atoms with Crippen molar-refractivity contribution in [3.63, 3.8) is 0 Å². The average molecular weight is 523 g/mol. The molecular formula is C24H31ClN4O5S. The van der Waals surface area contributed by atoms with Gasteiger partial charge in [0.05, 0.1) is 29.0 Å². The minimum absolute atomic E-state index is 0.0472. The Morgan fingerprint density at radius 1 is 1.20 bits per heavy atom. The summed E-state index contributed by atoms with van der Waals surface area (Å²) in [5.74, 6) is 0.00558. The SMILES string of the molecule is CS(=O)(=O)c1ccc(C(CC2CCCC2)C(=O)Nc2ccn(CC(=O)N3CCOCC3)n2)cc1Cl. The summed E-state index contributed by atoms with van der Waals surface area (Å²) < 4.78 is 30.7. The molecule has 1 aromatic heterocycles. The van der Waals surface area contributed by atoms with E-state index in [1.807, 2.05) is 0 Å². The molecule has 1 aliphatic carbocycles. The molecule has 2 amide bonds. The number of hydrogen-bond donors (Lipinski definition) is 1. The van der Waals surface area contributed by atoms with E-state index in [1.54, 1.807) is 29.3 Å². The average Bonchev–Trinajstić information content (AvgIpc) is 3.49. The summed E-state index contributed by atoms with van der Waals surface area (Å²) in [6, 6.07) is 6.38. The minimum Gasteiger partial charge on any atom is -0.378 e. The van der Waals surface area contributed by atoms with Crippen LogP contribution >= 0.6 is 11.6 Å². The van der Waals surface area contributed by atoms with Crippen molar-refractivity contribution in [3.8, 4) is 0 Å². The summed E-state index contributed by atoms with van der Waals surface area (Å²) in [6.07, 6.45) is 7.85. The summed E-state index contributed by atoms with van der Waals surface area (Å²) in [4.78, 5) is 27.6. The Morgan fingerprint density at radius 2 is 1.91 bits per heavy atom. The van der Waals surface area contributed by atoms with Crippen molar-refractivity contribution in [2.75, 3.05) is 37.9 Å². The number of rotatable bonds is 8. The number of aromatic nitrogens is 2. The molecule has 2 aromatic rings. The number of nitrogens with one attached hydrogen (secondary N) is 1. The van der Waals surface area contributed by atoms with Gasteiger partial charge < -0.3 is 15.0 Å². The number of amides is 2. The van der Waals surface area contributed by atoms with Crippen molar-refractivity contribution < 1.29 is 22.7 Å². The molecule has 4 rings (SSSR count). The number of carbonyl (C=O) groups is 2. The van der Waals surface area contributed by atoms with Gasteiger partial charge in [0, 0.05) is 31.6 Å². The van der Waals surface area contributed by atoms with Crippen LogP contribution in [-0.2, 0) is 30.7 Å². The van der Waals surface area contributed by atoms with Crippen molar-refractivity contribution in [1.29, 1.82) is 0 Å². The monoisotopic (exact) mass is 522 g/mol. The second-order valence-electron chi connectivity index (χ2n) is 9.28. The molecule has 0 bridgehead atoms. The number of carbonyl (C=O) groups excluding carboxylic acids is 2. The molecule has 1 N–H and O–H groups in total. The number of sulfone groups is 1. The van der Waals surface area contributed by atoms with E-state index in [0.29, 0.717) is 50.0 Å². The lowest BCUT2D eigenvalue weighted by Crippen LogP contribution is -2.42. The maximum absolute atomic E-state index is 13.4. The fraction of sp³-hybridized carbons (Fsp3) is 0.542. The third-order valence-electron chi connectivity index (χ3n) is 6.67. The van der Waals surface area contributed by atoms with Gasteiger partial charge >= 0.3 is 0 Å². The second-order valence-corrected chi connectivity index (χ2v) is 11.7. The molecule has 2 fully saturated rings. The second kappa shape index (κ2) is 11.1. The van der Waals surface area contributed by atoms with Gasteiger partial charge in [-0.15, -0.1) is 0 Å². The van der Waals surface area contributed by atoms with Gasteiger partial charge in [0.25, 0.3) is 0 Å². The minimum atomic E-state index is -3.47. The molecular weight excluding hydrogens is 492 g/mol. The van der Waals surface area contributed by atoms with Gasteiger partial charge in [0.15, 0.2) is 15.7 Å². The zero-order valence-electron chi connectivity index (χ0n) is 19.8. The maximum Gasteiger partial charge on any atom is 0.244 e. The van der Waals surface area contributed by atoms with Crippen LogP contribution in [0.15, 0.2) is 35.4 Å². The Morgan fingerprint density at radius 3 is 2.57 bits per heavy atom. The van der Waals surface area contributed by atoms with E-state index < -0.39 is 15.8 Å². The molecule has 0 radical (unpaired) electrons. The highest BCUT2D eigenvalue weighted by Crippen LogP contribution is 2.36.